The molecule has 2 aromatic rings. The molecule has 20 heavy (non-hydrogen) atoms. The maximum atomic E-state index is 13.7. The predicted molar refractivity (Wildman–Crippen MR) is 74.1 cm³/mol. The number of benzene rings is 1. The highest BCUT2D eigenvalue weighted by atomic mass is 32.2. The van der Waals surface area contributed by atoms with Crippen LogP contribution in [0.1, 0.15) is 11.3 Å². The summed E-state index contributed by atoms with van der Waals surface area (Å²) in [5.74, 6) is -0.625. The Morgan fingerprint density at radius 1 is 1.30 bits per heavy atom. The molecule has 0 aliphatic rings. The fraction of sp³-hybridized carbons (Fsp3) is 0.154. The molecule has 1 aromatic heterocycles. The SMILES string of the molecule is Cc1cccc(F)c1NS(=O)(=O)c1ccc(CN)nc1. The van der Waals surface area contributed by atoms with Crippen molar-refractivity contribution in [3.05, 3.63) is 53.6 Å². The van der Waals surface area contributed by atoms with Crippen LogP contribution < -0.4 is 10.5 Å². The first-order valence-electron chi connectivity index (χ1n) is 5.87. The van der Waals surface area contributed by atoms with Crippen molar-refractivity contribution in [3.8, 4) is 0 Å². The van der Waals surface area contributed by atoms with Gasteiger partial charge in [0.15, 0.2) is 0 Å². The van der Waals surface area contributed by atoms with E-state index < -0.39 is 15.8 Å². The van der Waals surface area contributed by atoms with Crippen LogP contribution in [0.2, 0.25) is 0 Å². The van der Waals surface area contributed by atoms with Gasteiger partial charge in [-0.25, -0.2) is 12.8 Å². The number of nitrogens with two attached hydrogens (primary N) is 1. The van der Waals surface area contributed by atoms with E-state index in [0.717, 1.165) is 0 Å². The summed E-state index contributed by atoms with van der Waals surface area (Å²) in [6, 6.07) is 7.23. The number of para-hydroxylation sites is 1. The van der Waals surface area contributed by atoms with Crippen molar-refractivity contribution in [2.45, 2.75) is 18.4 Å². The smallest absolute Gasteiger partial charge is 0.263 e. The average molecular weight is 295 g/mol. The molecular formula is C13H14FN3O2S. The van der Waals surface area contributed by atoms with Gasteiger partial charge in [0.25, 0.3) is 10.0 Å². The fourth-order valence-corrected chi connectivity index (χ4v) is 2.73. The number of hydrogen-bond acceptors (Lipinski definition) is 4. The summed E-state index contributed by atoms with van der Waals surface area (Å²) in [4.78, 5) is 3.87. The summed E-state index contributed by atoms with van der Waals surface area (Å²) in [6.07, 6.45) is 1.20. The quantitative estimate of drug-likeness (QED) is 0.900. The maximum absolute atomic E-state index is 13.7. The number of halogens is 1. The highest BCUT2D eigenvalue weighted by molar-refractivity contribution is 7.92. The van der Waals surface area contributed by atoms with Crippen molar-refractivity contribution in [2.75, 3.05) is 4.72 Å². The minimum Gasteiger partial charge on any atom is -0.325 e. The van der Waals surface area contributed by atoms with Gasteiger partial charge in [0.05, 0.1) is 11.4 Å². The normalized spacial score (nSPS) is 11.3. The average Bonchev–Trinajstić information content (AvgIpc) is 2.43. The van der Waals surface area contributed by atoms with E-state index in [9.17, 15) is 12.8 Å². The molecule has 0 spiro atoms. The van der Waals surface area contributed by atoms with Gasteiger partial charge in [-0.15, -0.1) is 0 Å². The van der Waals surface area contributed by atoms with Crippen molar-refractivity contribution in [1.82, 2.24) is 4.98 Å². The molecule has 0 amide bonds. The van der Waals surface area contributed by atoms with Gasteiger partial charge in [-0.2, -0.15) is 0 Å². The van der Waals surface area contributed by atoms with E-state index in [1.807, 2.05) is 0 Å². The Morgan fingerprint density at radius 3 is 2.60 bits per heavy atom. The molecule has 2 rings (SSSR count). The molecule has 7 heteroatoms. The van der Waals surface area contributed by atoms with E-state index >= 15 is 0 Å². The highest BCUT2D eigenvalue weighted by Gasteiger charge is 2.17. The number of rotatable bonds is 4. The van der Waals surface area contributed by atoms with E-state index in [4.69, 9.17) is 5.73 Å². The van der Waals surface area contributed by atoms with Gasteiger partial charge in [-0.3, -0.25) is 9.71 Å². The monoisotopic (exact) mass is 295 g/mol. The minimum absolute atomic E-state index is 0.0441. The Balaban J connectivity index is 2.35. The third kappa shape index (κ3) is 2.94. The molecule has 0 aliphatic carbocycles. The molecule has 1 heterocycles. The number of aryl methyl sites for hydroxylation is 1. The Morgan fingerprint density at radius 2 is 2.05 bits per heavy atom. The molecule has 1 aromatic carbocycles. The van der Waals surface area contributed by atoms with E-state index in [2.05, 4.69) is 9.71 Å². The van der Waals surface area contributed by atoms with Crippen LogP contribution in [0.15, 0.2) is 41.4 Å². The van der Waals surface area contributed by atoms with Gasteiger partial charge in [-0.05, 0) is 30.7 Å². The summed E-state index contributed by atoms with van der Waals surface area (Å²) in [5, 5.41) is 0. The Labute approximate surface area is 116 Å². The van der Waals surface area contributed by atoms with E-state index in [1.54, 1.807) is 13.0 Å². The number of nitrogens with zero attached hydrogens (tertiary/aromatic N) is 1. The Bertz CT molecular complexity index is 695. The van der Waals surface area contributed by atoms with Crippen molar-refractivity contribution < 1.29 is 12.8 Å². The van der Waals surface area contributed by atoms with E-state index in [0.29, 0.717) is 11.3 Å². The molecule has 0 saturated heterocycles. The van der Waals surface area contributed by atoms with Gasteiger partial charge in [-0.1, -0.05) is 12.1 Å². The zero-order valence-electron chi connectivity index (χ0n) is 10.8. The number of pyridine rings is 1. The van der Waals surface area contributed by atoms with Crippen LogP contribution in [0.4, 0.5) is 10.1 Å². The lowest BCUT2D eigenvalue weighted by atomic mass is 10.2. The van der Waals surface area contributed by atoms with Crippen LogP contribution in [-0.2, 0) is 16.6 Å². The lowest BCUT2D eigenvalue weighted by Gasteiger charge is -2.11. The minimum atomic E-state index is -3.88. The zero-order valence-corrected chi connectivity index (χ0v) is 11.6. The molecule has 0 bridgehead atoms. The number of anilines is 1. The molecule has 3 N–H and O–H groups in total. The van der Waals surface area contributed by atoms with Gasteiger partial charge < -0.3 is 5.73 Å². The topological polar surface area (TPSA) is 85.1 Å². The van der Waals surface area contributed by atoms with Crippen LogP contribution >= 0.6 is 0 Å². The summed E-state index contributed by atoms with van der Waals surface area (Å²) < 4.78 is 40.2. The van der Waals surface area contributed by atoms with Crippen molar-refractivity contribution >= 4 is 15.7 Å². The lowest BCUT2D eigenvalue weighted by Crippen LogP contribution is -2.15. The molecule has 0 atom stereocenters. The maximum Gasteiger partial charge on any atom is 0.263 e. The third-order valence-corrected chi connectivity index (χ3v) is 4.11. The molecular weight excluding hydrogens is 281 g/mol. The van der Waals surface area contributed by atoms with E-state index in [-0.39, 0.29) is 17.1 Å². The number of hydrogen-bond donors (Lipinski definition) is 2. The molecule has 0 saturated carbocycles. The van der Waals surface area contributed by atoms with Crippen LogP contribution in [0.25, 0.3) is 0 Å². The van der Waals surface area contributed by atoms with Crippen LogP contribution in [0.5, 0.6) is 0 Å². The van der Waals surface area contributed by atoms with Gasteiger partial charge in [0.2, 0.25) is 0 Å². The Kier molecular flexibility index (Phi) is 4.01. The molecule has 106 valence electrons. The summed E-state index contributed by atoms with van der Waals surface area (Å²) in [6.45, 7) is 1.84. The molecule has 5 nitrogen and oxygen atoms in total. The van der Waals surface area contributed by atoms with Crippen molar-refractivity contribution in [1.29, 1.82) is 0 Å². The first-order valence-corrected chi connectivity index (χ1v) is 7.35. The first kappa shape index (κ1) is 14.4. The summed E-state index contributed by atoms with van der Waals surface area (Å²) in [7, 11) is -3.88. The number of aromatic nitrogens is 1. The standard InChI is InChI=1S/C13H14FN3O2S/c1-9-3-2-4-12(14)13(9)17-20(18,19)11-6-5-10(7-15)16-8-11/h2-6,8,17H,7,15H2,1H3. The van der Waals surface area contributed by atoms with Crippen molar-refractivity contribution in [2.24, 2.45) is 5.73 Å². The molecule has 0 fully saturated rings. The summed E-state index contributed by atoms with van der Waals surface area (Å²) in [5.41, 5.74) is 6.41. The lowest BCUT2D eigenvalue weighted by molar-refractivity contribution is 0.598. The van der Waals surface area contributed by atoms with Crippen LogP contribution in [0.3, 0.4) is 0 Å². The Hall–Kier alpha value is -1.99. The summed E-state index contributed by atoms with van der Waals surface area (Å²) >= 11 is 0. The third-order valence-electron chi connectivity index (χ3n) is 2.78. The van der Waals surface area contributed by atoms with Gasteiger partial charge in [0.1, 0.15) is 10.7 Å². The van der Waals surface area contributed by atoms with Gasteiger partial charge in [0, 0.05) is 12.7 Å². The molecule has 0 radical (unpaired) electrons. The predicted octanol–water partition coefficient (Wildman–Crippen LogP) is 1.79. The number of sulfonamides is 1. The molecule has 0 aliphatic heterocycles. The second kappa shape index (κ2) is 5.56. The van der Waals surface area contributed by atoms with Crippen LogP contribution in [-0.4, -0.2) is 13.4 Å². The van der Waals surface area contributed by atoms with Gasteiger partial charge >= 0.3 is 0 Å². The highest BCUT2D eigenvalue weighted by Crippen LogP contribution is 2.22. The second-order valence-electron chi connectivity index (χ2n) is 4.23. The molecule has 0 unspecified atom stereocenters. The number of nitrogens with one attached hydrogen (secondary N) is 1. The van der Waals surface area contributed by atoms with E-state index in [1.165, 1.54) is 30.5 Å². The zero-order chi connectivity index (χ0) is 14.8. The second-order valence-corrected chi connectivity index (χ2v) is 5.91. The van der Waals surface area contributed by atoms with Crippen LogP contribution in [0, 0.1) is 12.7 Å². The fourth-order valence-electron chi connectivity index (χ4n) is 1.65. The first-order chi connectivity index (χ1) is 9.44. The van der Waals surface area contributed by atoms with Crippen molar-refractivity contribution in [3.63, 3.8) is 0 Å². The largest absolute Gasteiger partial charge is 0.325 e.